The number of hydrogen-bond donors (Lipinski definition) is 2. The summed E-state index contributed by atoms with van der Waals surface area (Å²) in [6.45, 7) is 6.14. The number of aliphatic carboxylic acids is 1. The zero-order chi connectivity index (χ0) is 22.7. The topological polar surface area (TPSA) is 92.7 Å². The SMILES string of the molecule is COC(=O)c1c(NC(=O)C2CCCCC2C(=O)O)sc(C)c1-c1ccc(C(C)C)cc1. The highest BCUT2D eigenvalue weighted by molar-refractivity contribution is 7.17. The molecule has 1 aliphatic carbocycles. The van der Waals surface area contributed by atoms with Gasteiger partial charge in [0, 0.05) is 10.4 Å². The normalized spacial score (nSPS) is 18.6. The Morgan fingerprint density at radius 3 is 2.26 bits per heavy atom. The van der Waals surface area contributed by atoms with Crippen LogP contribution >= 0.6 is 11.3 Å². The summed E-state index contributed by atoms with van der Waals surface area (Å²) in [5.41, 5.74) is 3.13. The number of aryl methyl sites for hydroxylation is 1. The Balaban J connectivity index is 1.97. The highest BCUT2D eigenvalue weighted by Gasteiger charge is 2.36. The molecule has 31 heavy (non-hydrogen) atoms. The van der Waals surface area contributed by atoms with Crippen LogP contribution in [0.2, 0.25) is 0 Å². The average Bonchev–Trinajstić information content (AvgIpc) is 3.08. The van der Waals surface area contributed by atoms with E-state index in [9.17, 15) is 19.5 Å². The number of thiophene rings is 1. The molecule has 7 heteroatoms. The van der Waals surface area contributed by atoms with Gasteiger partial charge in [0.15, 0.2) is 0 Å². The first-order valence-corrected chi connectivity index (χ1v) is 11.4. The molecule has 2 atom stereocenters. The number of anilines is 1. The number of nitrogens with one attached hydrogen (secondary N) is 1. The molecule has 1 aliphatic rings. The third-order valence-corrected chi connectivity index (χ3v) is 7.02. The molecule has 1 saturated carbocycles. The Morgan fingerprint density at radius 2 is 1.71 bits per heavy atom. The lowest BCUT2D eigenvalue weighted by atomic mass is 9.78. The van der Waals surface area contributed by atoms with Gasteiger partial charge in [-0.25, -0.2) is 4.79 Å². The summed E-state index contributed by atoms with van der Waals surface area (Å²) >= 11 is 1.31. The Bertz CT molecular complexity index is 977. The van der Waals surface area contributed by atoms with Crippen LogP contribution in [-0.4, -0.2) is 30.1 Å². The van der Waals surface area contributed by atoms with Gasteiger partial charge in [0.1, 0.15) is 10.6 Å². The van der Waals surface area contributed by atoms with Gasteiger partial charge in [-0.05, 0) is 36.8 Å². The zero-order valence-corrected chi connectivity index (χ0v) is 19.2. The van der Waals surface area contributed by atoms with Crippen molar-refractivity contribution in [2.45, 2.75) is 52.4 Å². The average molecular weight is 444 g/mol. The van der Waals surface area contributed by atoms with E-state index in [2.05, 4.69) is 19.2 Å². The summed E-state index contributed by atoms with van der Waals surface area (Å²) in [6, 6.07) is 8.03. The number of carbonyl (C=O) groups excluding carboxylic acids is 2. The lowest BCUT2D eigenvalue weighted by Crippen LogP contribution is -2.36. The van der Waals surface area contributed by atoms with Gasteiger partial charge < -0.3 is 15.2 Å². The van der Waals surface area contributed by atoms with Gasteiger partial charge in [-0.2, -0.15) is 0 Å². The van der Waals surface area contributed by atoms with E-state index in [4.69, 9.17) is 4.74 Å². The molecule has 0 radical (unpaired) electrons. The fraction of sp³-hybridized carbons (Fsp3) is 0.458. The Kier molecular flexibility index (Phi) is 7.15. The second kappa shape index (κ2) is 9.64. The predicted octanol–water partition coefficient (Wildman–Crippen LogP) is 5.46. The molecule has 0 aliphatic heterocycles. The first kappa shape index (κ1) is 23.0. The molecular weight excluding hydrogens is 414 g/mol. The quantitative estimate of drug-likeness (QED) is 0.578. The van der Waals surface area contributed by atoms with Crippen LogP contribution in [0.15, 0.2) is 24.3 Å². The number of carboxylic acids is 1. The molecule has 1 aromatic carbocycles. The van der Waals surface area contributed by atoms with Crippen LogP contribution in [0.5, 0.6) is 0 Å². The third kappa shape index (κ3) is 4.82. The van der Waals surface area contributed by atoms with E-state index in [1.165, 1.54) is 24.0 Å². The Hall–Kier alpha value is -2.67. The number of esters is 1. The molecule has 3 rings (SSSR count). The van der Waals surface area contributed by atoms with Crippen LogP contribution < -0.4 is 5.32 Å². The number of rotatable bonds is 6. The summed E-state index contributed by atoms with van der Waals surface area (Å²) < 4.78 is 5.02. The Labute approximate surface area is 186 Å². The number of ether oxygens (including phenoxy) is 1. The predicted molar refractivity (Wildman–Crippen MR) is 122 cm³/mol. The number of carboxylic acid groups (broad SMARTS) is 1. The van der Waals surface area contributed by atoms with Gasteiger partial charge >= 0.3 is 11.9 Å². The van der Waals surface area contributed by atoms with Crippen molar-refractivity contribution < 1.29 is 24.2 Å². The van der Waals surface area contributed by atoms with Crippen LogP contribution in [0.25, 0.3) is 11.1 Å². The van der Waals surface area contributed by atoms with Gasteiger partial charge in [0.25, 0.3) is 0 Å². The standard InChI is InChI=1S/C24H29NO5S/c1-13(2)15-9-11-16(12-10-15)19-14(3)31-22(20(19)24(29)30-4)25-21(26)17-7-5-6-8-18(17)23(27)28/h9-13,17-18H,5-8H2,1-4H3,(H,25,26)(H,27,28). The molecule has 1 amide bonds. The van der Waals surface area contributed by atoms with Crippen LogP contribution in [0.4, 0.5) is 5.00 Å². The van der Waals surface area contributed by atoms with Gasteiger partial charge in [-0.15, -0.1) is 11.3 Å². The Morgan fingerprint density at radius 1 is 1.10 bits per heavy atom. The molecule has 166 valence electrons. The van der Waals surface area contributed by atoms with E-state index in [0.717, 1.165) is 28.8 Å². The molecule has 0 spiro atoms. The molecule has 0 bridgehead atoms. The van der Waals surface area contributed by atoms with Crippen molar-refractivity contribution >= 4 is 34.2 Å². The minimum Gasteiger partial charge on any atom is -0.481 e. The maximum atomic E-state index is 13.0. The maximum absolute atomic E-state index is 13.0. The lowest BCUT2D eigenvalue weighted by Gasteiger charge is -2.27. The summed E-state index contributed by atoms with van der Waals surface area (Å²) in [6.07, 6.45) is 2.66. The maximum Gasteiger partial charge on any atom is 0.341 e. The largest absolute Gasteiger partial charge is 0.481 e. The summed E-state index contributed by atoms with van der Waals surface area (Å²) in [5.74, 6) is -2.72. The minimum absolute atomic E-state index is 0.318. The van der Waals surface area contributed by atoms with E-state index in [1.807, 2.05) is 31.2 Å². The molecule has 2 aromatic rings. The molecule has 2 N–H and O–H groups in total. The summed E-state index contributed by atoms with van der Waals surface area (Å²) in [4.78, 5) is 38.2. The van der Waals surface area contributed by atoms with Gasteiger partial charge in [0.05, 0.1) is 18.9 Å². The first-order valence-electron chi connectivity index (χ1n) is 10.6. The monoisotopic (exact) mass is 443 g/mol. The van der Waals surface area contributed by atoms with Crippen LogP contribution in [0, 0.1) is 18.8 Å². The second-order valence-electron chi connectivity index (χ2n) is 8.33. The number of methoxy groups -OCH3 is 1. The van der Waals surface area contributed by atoms with E-state index in [1.54, 1.807) is 0 Å². The van der Waals surface area contributed by atoms with E-state index < -0.39 is 23.8 Å². The summed E-state index contributed by atoms with van der Waals surface area (Å²) in [5, 5.41) is 12.8. The smallest absolute Gasteiger partial charge is 0.341 e. The molecular formula is C24H29NO5S. The zero-order valence-electron chi connectivity index (χ0n) is 18.4. The highest BCUT2D eigenvalue weighted by Crippen LogP contribution is 2.41. The van der Waals surface area contributed by atoms with E-state index in [-0.39, 0.29) is 5.91 Å². The number of amides is 1. The number of carbonyl (C=O) groups is 3. The molecule has 1 aromatic heterocycles. The third-order valence-electron chi connectivity index (χ3n) is 6.00. The van der Waals surface area contributed by atoms with Crippen molar-refractivity contribution in [2.24, 2.45) is 11.8 Å². The van der Waals surface area contributed by atoms with Crippen molar-refractivity contribution in [3.05, 3.63) is 40.3 Å². The van der Waals surface area contributed by atoms with Gasteiger partial charge in [-0.1, -0.05) is 51.0 Å². The lowest BCUT2D eigenvalue weighted by molar-refractivity contribution is -0.147. The van der Waals surface area contributed by atoms with Crippen molar-refractivity contribution in [1.82, 2.24) is 0 Å². The molecule has 2 unspecified atom stereocenters. The van der Waals surface area contributed by atoms with Crippen molar-refractivity contribution in [2.75, 3.05) is 12.4 Å². The summed E-state index contributed by atoms with van der Waals surface area (Å²) in [7, 11) is 1.31. The van der Waals surface area contributed by atoms with Crippen molar-refractivity contribution in [1.29, 1.82) is 0 Å². The van der Waals surface area contributed by atoms with E-state index >= 15 is 0 Å². The second-order valence-corrected chi connectivity index (χ2v) is 9.56. The van der Waals surface area contributed by atoms with Gasteiger partial charge in [-0.3, -0.25) is 9.59 Å². The molecule has 6 nitrogen and oxygen atoms in total. The van der Waals surface area contributed by atoms with Crippen molar-refractivity contribution in [3.8, 4) is 11.1 Å². The number of hydrogen-bond acceptors (Lipinski definition) is 5. The van der Waals surface area contributed by atoms with Crippen LogP contribution in [0.3, 0.4) is 0 Å². The highest BCUT2D eigenvalue weighted by atomic mass is 32.1. The first-order chi connectivity index (χ1) is 14.7. The minimum atomic E-state index is -0.943. The van der Waals surface area contributed by atoms with Gasteiger partial charge in [0.2, 0.25) is 5.91 Å². The molecule has 1 heterocycles. The number of benzene rings is 1. The van der Waals surface area contributed by atoms with E-state index in [0.29, 0.717) is 29.3 Å². The van der Waals surface area contributed by atoms with Crippen LogP contribution in [-0.2, 0) is 14.3 Å². The fourth-order valence-electron chi connectivity index (χ4n) is 4.26. The fourth-order valence-corrected chi connectivity index (χ4v) is 5.32. The molecule has 1 fully saturated rings. The van der Waals surface area contributed by atoms with Crippen molar-refractivity contribution in [3.63, 3.8) is 0 Å². The molecule has 0 saturated heterocycles. The van der Waals surface area contributed by atoms with Crippen LogP contribution in [0.1, 0.15) is 66.2 Å².